The first-order valence-electron chi connectivity index (χ1n) is 11.0. The first-order valence-corrected chi connectivity index (χ1v) is 13.2. The predicted octanol–water partition coefficient (Wildman–Crippen LogP) is 3.29. The Morgan fingerprint density at radius 2 is 1.86 bits per heavy atom. The number of Topliss-reactive ketones (excluding diaryl/α,β-unsaturated/α-hetero) is 1. The molecule has 3 heterocycles. The third-order valence-corrected chi connectivity index (χ3v) is 8.86. The Hall–Kier alpha value is -3.35. The van der Waals surface area contributed by atoms with Crippen LogP contribution in [0.2, 0.25) is 0 Å². The number of nitrogens with one attached hydrogen (secondary N) is 1. The fourth-order valence-electron chi connectivity index (χ4n) is 4.02. The van der Waals surface area contributed by atoms with E-state index in [9.17, 15) is 18.0 Å². The van der Waals surface area contributed by atoms with Crippen LogP contribution in [0.3, 0.4) is 0 Å². The van der Waals surface area contributed by atoms with Gasteiger partial charge in [-0.2, -0.15) is 4.31 Å². The molecule has 2 aromatic carbocycles. The zero-order valence-electron chi connectivity index (χ0n) is 18.8. The maximum Gasteiger partial charge on any atom is 0.286 e. The second-order valence-corrected chi connectivity index (χ2v) is 11.2. The second kappa shape index (κ2) is 9.36. The van der Waals surface area contributed by atoms with Crippen molar-refractivity contribution in [3.8, 4) is 11.5 Å². The number of benzene rings is 2. The van der Waals surface area contributed by atoms with Gasteiger partial charge in [0.1, 0.15) is 5.01 Å². The first kappa shape index (κ1) is 23.4. The number of rotatable bonds is 6. The average Bonchev–Trinajstić information content (AvgIpc) is 3.54. The van der Waals surface area contributed by atoms with Crippen LogP contribution in [-0.4, -0.2) is 54.5 Å². The van der Waals surface area contributed by atoms with Gasteiger partial charge in [-0.1, -0.05) is 23.5 Å². The molecule has 182 valence electrons. The van der Waals surface area contributed by atoms with E-state index in [4.69, 9.17) is 9.47 Å². The Morgan fingerprint density at radius 3 is 2.63 bits per heavy atom. The van der Waals surface area contributed by atoms with E-state index in [0.29, 0.717) is 40.7 Å². The minimum absolute atomic E-state index is 0.124. The van der Waals surface area contributed by atoms with Crippen LogP contribution in [0.15, 0.2) is 47.4 Å². The second-order valence-electron chi connectivity index (χ2n) is 8.25. The van der Waals surface area contributed by atoms with Crippen LogP contribution >= 0.6 is 11.3 Å². The van der Waals surface area contributed by atoms with Gasteiger partial charge in [-0.05, 0) is 44.0 Å². The molecule has 35 heavy (non-hydrogen) atoms. The molecule has 1 aromatic heterocycles. The molecule has 0 bridgehead atoms. The number of ketones is 1. The van der Waals surface area contributed by atoms with Crippen LogP contribution in [0.4, 0.5) is 5.69 Å². The lowest BCUT2D eigenvalue weighted by Gasteiger charge is -2.30. The number of anilines is 1. The molecule has 1 saturated heterocycles. The maximum atomic E-state index is 13.2. The van der Waals surface area contributed by atoms with E-state index >= 15 is 0 Å². The number of amides is 1. The van der Waals surface area contributed by atoms with Crippen LogP contribution in [0, 0.1) is 0 Å². The standard InChI is InChI=1S/C23H22N4O6S2/c1-14(28)15-4-7-18(8-5-15)35(30,31)27-10-2-3-16(12-27)22-25-26-23(34-22)21(29)24-17-6-9-19-20(11-17)33-13-32-19/h4-9,11,16H,2-3,10,12-13H2,1H3,(H,24,29)/t16-/m0/s1. The van der Waals surface area contributed by atoms with E-state index in [-0.39, 0.29) is 34.9 Å². The lowest BCUT2D eigenvalue weighted by atomic mass is 10.0. The summed E-state index contributed by atoms with van der Waals surface area (Å²) in [7, 11) is -3.72. The Balaban J connectivity index is 1.27. The molecule has 2 aliphatic heterocycles. The summed E-state index contributed by atoms with van der Waals surface area (Å²) in [5.41, 5.74) is 1.00. The fraction of sp³-hybridized carbons (Fsp3) is 0.304. The largest absolute Gasteiger partial charge is 0.454 e. The molecule has 3 aromatic rings. The van der Waals surface area contributed by atoms with Gasteiger partial charge < -0.3 is 14.8 Å². The number of ether oxygens (including phenoxy) is 2. The fourth-order valence-corrected chi connectivity index (χ4v) is 6.41. The van der Waals surface area contributed by atoms with Gasteiger partial charge in [0.25, 0.3) is 5.91 Å². The Bertz CT molecular complexity index is 1390. The van der Waals surface area contributed by atoms with Crippen molar-refractivity contribution in [1.29, 1.82) is 0 Å². The van der Waals surface area contributed by atoms with Gasteiger partial charge in [0.15, 0.2) is 17.3 Å². The number of nitrogens with zero attached hydrogens (tertiary/aromatic N) is 3. The summed E-state index contributed by atoms with van der Waals surface area (Å²) in [5, 5.41) is 11.8. The molecule has 10 nitrogen and oxygen atoms in total. The Morgan fingerprint density at radius 1 is 1.09 bits per heavy atom. The summed E-state index contributed by atoms with van der Waals surface area (Å²) >= 11 is 1.16. The van der Waals surface area contributed by atoms with Crippen LogP contribution < -0.4 is 14.8 Å². The van der Waals surface area contributed by atoms with Crippen molar-refractivity contribution in [1.82, 2.24) is 14.5 Å². The summed E-state index contributed by atoms with van der Waals surface area (Å²) in [6.45, 7) is 2.22. The summed E-state index contributed by atoms with van der Waals surface area (Å²) in [6.07, 6.45) is 1.40. The quantitative estimate of drug-likeness (QED) is 0.497. The van der Waals surface area contributed by atoms with Gasteiger partial charge in [-0.25, -0.2) is 8.42 Å². The maximum absolute atomic E-state index is 13.2. The average molecular weight is 515 g/mol. The summed E-state index contributed by atoms with van der Waals surface area (Å²) in [5.74, 6) is 0.479. The molecule has 1 N–H and O–H groups in total. The number of carbonyl (C=O) groups excluding carboxylic acids is 2. The predicted molar refractivity (Wildman–Crippen MR) is 128 cm³/mol. The number of hydrogen-bond donors (Lipinski definition) is 1. The smallest absolute Gasteiger partial charge is 0.286 e. The van der Waals surface area contributed by atoms with E-state index in [1.54, 1.807) is 18.2 Å². The highest BCUT2D eigenvalue weighted by Crippen LogP contribution is 2.35. The molecule has 0 radical (unpaired) electrons. The normalized spacial score (nSPS) is 17.8. The van der Waals surface area contributed by atoms with E-state index in [0.717, 1.165) is 17.8 Å². The minimum atomic E-state index is -3.72. The van der Waals surface area contributed by atoms with Gasteiger partial charge in [0.05, 0.1) is 4.90 Å². The van der Waals surface area contributed by atoms with E-state index < -0.39 is 15.9 Å². The minimum Gasteiger partial charge on any atom is -0.454 e. The van der Waals surface area contributed by atoms with Crippen LogP contribution in [0.5, 0.6) is 11.5 Å². The molecule has 5 rings (SSSR count). The molecule has 1 amide bonds. The zero-order valence-corrected chi connectivity index (χ0v) is 20.4. The van der Waals surface area contributed by atoms with Crippen LogP contribution in [0.1, 0.15) is 50.9 Å². The van der Waals surface area contributed by atoms with Crippen molar-refractivity contribution in [3.63, 3.8) is 0 Å². The van der Waals surface area contributed by atoms with Crippen LogP contribution in [0.25, 0.3) is 0 Å². The number of piperidine rings is 1. The third-order valence-electron chi connectivity index (χ3n) is 5.90. The molecule has 1 atom stereocenters. The van der Waals surface area contributed by atoms with Gasteiger partial charge in [0, 0.05) is 36.3 Å². The number of hydrogen-bond acceptors (Lipinski definition) is 9. The molecule has 1 fully saturated rings. The van der Waals surface area contributed by atoms with Crippen molar-refractivity contribution >= 4 is 38.7 Å². The van der Waals surface area contributed by atoms with Crippen molar-refractivity contribution in [2.45, 2.75) is 30.6 Å². The van der Waals surface area contributed by atoms with Crippen molar-refractivity contribution < 1.29 is 27.5 Å². The molecule has 0 unspecified atom stereocenters. The number of aromatic nitrogens is 2. The van der Waals surface area contributed by atoms with Gasteiger partial charge in [0.2, 0.25) is 21.8 Å². The summed E-state index contributed by atoms with van der Waals surface area (Å²) < 4.78 is 38.4. The van der Waals surface area contributed by atoms with Gasteiger partial charge in [-0.15, -0.1) is 10.2 Å². The van der Waals surface area contributed by atoms with Crippen molar-refractivity contribution in [3.05, 3.63) is 58.0 Å². The number of carbonyl (C=O) groups is 2. The highest BCUT2D eigenvalue weighted by molar-refractivity contribution is 7.89. The van der Waals surface area contributed by atoms with Gasteiger partial charge >= 0.3 is 0 Å². The molecular formula is C23H22N4O6S2. The highest BCUT2D eigenvalue weighted by atomic mass is 32.2. The summed E-state index contributed by atoms with van der Waals surface area (Å²) in [6, 6.07) is 11.1. The molecular weight excluding hydrogens is 492 g/mol. The highest BCUT2D eigenvalue weighted by Gasteiger charge is 2.33. The lowest BCUT2D eigenvalue weighted by molar-refractivity contribution is 0.101. The lowest BCUT2D eigenvalue weighted by Crippen LogP contribution is -2.39. The SMILES string of the molecule is CC(=O)c1ccc(S(=O)(=O)N2CCC[C@H](c3nnc(C(=O)Nc4ccc5c(c4)OCO5)s3)C2)cc1. The number of fused-ring (bicyclic) bond motifs is 1. The van der Waals surface area contributed by atoms with E-state index in [2.05, 4.69) is 15.5 Å². The Kier molecular flexibility index (Phi) is 6.26. The zero-order chi connectivity index (χ0) is 24.6. The summed E-state index contributed by atoms with van der Waals surface area (Å²) in [4.78, 5) is 24.3. The topological polar surface area (TPSA) is 128 Å². The molecule has 0 saturated carbocycles. The monoisotopic (exact) mass is 514 g/mol. The van der Waals surface area contributed by atoms with E-state index in [1.165, 1.54) is 35.5 Å². The van der Waals surface area contributed by atoms with Crippen molar-refractivity contribution in [2.75, 3.05) is 25.2 Å². The van der Waals surface area contributed by atoms with Gasteiger partial charge in [-0.3, -0.25) is 9.59 Å². The third kappa shape index (κ3) is 4.77. The van der Waals surface area contributed by atoms with Crippen molar-refractivity contribution in [2.24, 2.45) is 0 Å². The Labute approximate surface area is 205 Å². The van der Waals surface area contributed by atoms with Crippen LogP contribution in [-0.2, 0) is 10.0 Å². The van der Waals surface area contributed by atoms with E-state index in [1.807, 2.05) is 0 Å². The first-order chi connectivity index (χ1) is 16.8. The molecule has 0 spiro atoms. The molecule has 0 aliphatic carbocycles. The molecule has 12 heteroatoms. The molecule has 2 aliphatic rings. The number of sulfonamides is 1.